The SMILES string of the molecule is CC(C)Cc1nnc([C@H](C)Oc2cccc(C#N)c2)o1. The second-order valence-electron chi connectivity index (χ2n) is 5.03. The van der Waals surface area contributed by atoms with Crippen molar-refractivity contribution in [3.05, 3.63) is 41.6 Å². The summed E-state index contributed by atoms with van der Waals surface area (Å²) in [4.78, 5) is 0. The van der Waals surface area contributed by atoms with Crippen molar-refractivity contribution in [1.82, 2.24) is 10.2 Å². The summed E-state index contributed by atoms with van der Waals surface area (Å²) in [6.45, 7) is 6.03. The molecule has 5 heteroatoms. The maximum Gasteiger partial charge on any atom is 0.256 e. The van der Waals surface area contributed by atoms with Crippen LogP contribution in [0.3, 0.4) is 0 Å². The Bertz CT molecular complexity index is 614. The average molecular weight is 271 g/mol. The van der Waals surface area contributed by atoms with Gasteiger partial charge in [0.25, 0.3) is 5.89 Å². The highest BCUT2D eigenvalue weighted by atomic mass is 16.5. The van der Waals surface area contributed by atoms with Crippen LogP contribution < -0.4 is 4.74 Å². The molecule has 0 saturated carbocycles. The van der Waals surface area contributed by atoms with E-state index in [9.17, 15) is 0 Å². The van der Waals surface area contributed by atoms with Crippen LogP contribution in [0.5, 0.6) is 5.75 Å². The molecule has 0 N–H and O–H groups in total. The zero-order valence-electron chi connectivity index (χ0n) is 11.8. The van der Waals surface area contributed by atoms with Crippen molar-refractivity contribution < 1.29 is 9.15 Å². The molecule has 1 atom stereocenters. The van der Waals surface area contributed by atoms with Gasteiger partial charge in [0, 0.05) is 6.42 Å². The lowest BCUT2D eigenvalue weighted by molar-refractivity contribution is 0.185. The summed E-state index contributed by atoms with van der Waals surface area (Å²) in [6.07, 6.45) is 0.404. The summed E-state index contributed by atoms with van der Waals surface area (Å²) in [6, 6.07) is 9.06. The number of ether oxygens (including phenoxy) is 1. The second-order valence-corrected chi connectivity index (χ2v) is 5.03. The van der Waals surface area contributed by atoms with E-state index >= 15 is 0 Å². The zero-order chi connectivity index (χ0) is 14.5. The van der Waals surface area contributed by atoms with Crippen LogP contribution in [-0.4, -0.2) is 10.2 Å². The number of nitrogens with zero attached hydrogens (tertiary/aromatic N) is 3. The predicted molar refractivity (Wildman–Crippen MR) is 73.0 cm³/mol. The minimum atomic E-state index is -0.350. The number of hydrogen-bond acceptors (Lipinski definition) is 5. The third-order valence-electron chi connectivity index (χ3n) is 2.69. The average Bonchev–Trinajstić information content (AvgIpc) is 2.86. The third-order valence-corrected chi connectivity index (χ3v) is 2.69. The Kier molecular flexibility index (Phi) is 4.36. The molecule has 0 bridgehead atoms. The Morgan fingerprint density at radius 3 is 2.80 bits per heavy atom. The van der Waals surface area contributed by atoms with Gasteiger partial charge < -0.3 is 9.15 Å². The van der Waals surface area contributed by atoms with E-state index in [0.717, 1.165) is 6.42 Å². The van der Waals surface area contributed by atoms with Crippen LogP contribution in [0.15, 0.2) is 28.7 Å². The Labute approximate surface area is 118 Å². The molecule has 1 aromatic heterocycles. The molecule has 0 spiro atoms. The van der Waals surface area contributed by atoms with E-state index in [2.05, 4.69) is 30.1 Å². The number of nitriles is 1. The summed E-state index contributed by atoms with van der Waals surface area (Å²) in [5.74, 6) is 2.14. The van der Waals surface area contributed by atoms with E-state index in [-0.39, 0.29) is 6.10 Å². The summed E-state index contributed by atoms with van der Waals surface area (Å²) in [5, 5.41) is 16.9. The van der Waals surface area contributed by atoms with Crippen LogP contribution in [0.2, 0.25) is 0 Å². The highest BCUT2D eigenvalue weighted by Crippen LogP contribution is 2.22. The maximum absolute atomic E-state index is 8.85. The van der Waals surface area contributed by atoms with Crippen molar-refractivity contribution in [2.75, 3.05) is 0 Å². The molecule has 0 aliphatic carbocycles. The molecule has 20 heavy (non-hydrogen) atoms. The van der Waals surface area contributed by atoms with Crippen LogP contribution in [-0.2, 0) is 6.42 Å². The Morgan fingerprint density at radius 2 is 2.10 bits per heavy atom. The van der Waals surface area contributed by atoms with Gasteiger partial charge in [0.05, 0.1) is 11.6 Å². The summed E-state index contributed by atoms with van der Waals surface area (Å²) < 4.78 is 11.3. The monoisotopic (exact) mass is 271 g/mol. The van der Waals surface area contributed by atoms with Gasteiger partial charge in [-0.3, -0.25) is 0 Å². The van der Waals surface area contributed by atoms with E-state index in [0.29, 0.717) is 29.0 Å². The highest BCUT2D eigenvalue weighted by Gasteiger charge is 2.16. The highest BCUT2D eigenvalue weighted by molar-refractivity contribution is 5.36. The van der Waals surface area contributed by atoms with Crippen molar-refractivity contribution in [1.29, 1.82) is 5.26 Å². The van der Waals surface area contributed by atoms with Crippen molar-refractivity contribution in [3.8, 4) is 11.8 Å². The fourth-order valence-corrected chi connectivity index (χ4v) is 1.76. The number of hydrogen-bond donors (Lipinski definition) is 0. The van der Waals surface area contributed by atoms with E-state index in [4.69, 9.17) is 14.4 Å². The second kappa shape index (κ2) is 6.20. The van der Waals surface area contributed by atoms with Crippen LogP contribution in [0.25, 0.3) is 0 Å². The van der Waals surface area contributed by atoms with Gasteiger partial charge in [-0.2, -0.15) is 5.26 Å². The molecule has 0 radical (unpaired) electrons. The molecular formula is C15H17N3O2. The lowest BCUT2D eigenvalue weighted by Gasteiger charge is -2.10. The molecular weight excluding hydrogens is 254 g/mol. The topological polar surface area (TPSA) is 71.9 Å². The fraction of sp³-hybridized carbons (Fsp3) is 0.400. The molecule has 0 amide bonds. The van der Waals surface area contributed by atoms with Crippen molar-refractivity contribution in [3.63, 3.8) is 0 Å². The quantitative estimate of drug-likeness (QED) is 0.834. The molecule has 0 saturated heterocycles. The molecule has 2 rings (SSSR count). The Hall–Kier alpha value is -2.35. The first-order valence-electron chi connectivity index (χ1n) is 6.57. The smallest absolute Gasteiger partial charge is 0.256 e. The van der Waals surface area contributed by atoms with Crippen LogP contribution in [0.1, 0.15) is 44.2 Å². The molecule has 0 fully saturated rings. The van der Waals surface area contributed by atoms with Crippen molar-refractivity contribution in [2.24, 2.45) is 5.92 Å². The van der Waals surface area contributed by atoms with Gasteiger partial charge in [-0.05, 0) is 31.0 Å². The minimum absolute atomic E-state index is 0.350. The van der Waals surface area contributed by atoms with Crippen LogP contribution in [0, 0.1) is 17.2 Å². The first-order valence-corrected chi connectivity index (χ1v) is 6.57. The van der Waals surface area contributed by atoms with Gasteiger partial charge in [0.1, 0.15) is 5.75 Å². The van der Waals surface area contributed by atoms with Crippen LogP contribution >= 0.6 is 0 Å². The van der Waals surface area contributed by atoms with Gasteiger partial charge in [0.15, 0.2) is 6.10 Å². The molecule has 1 heterocycles. The Balaban J connectivity index is 2.05. The standard InChI is InChI=1S/C15H17N3O2/c1-10(2)7-14-17-18-15(20-14)11(3)19-13-6-4-5-12(8-13)9-16/h4-6,8,10-11H,7H2,1-3H3/t11-/m0/s1. The minimum Gasteiger partial charge on any atom is -0.481 e. The Morgan fingerprint density at radius 1 is 1.30 bits per heavy atom. The van der Waals surface area contributed by atoms with E-state index < -0.39 is 0 Å². The summed E-state index contributed by atoms with van der Waals surface area (Å²) in [7, 11) is 0. The summed E-state index contributed by atoms with van der Waals surface area (Å²) >= 11 is 0. The summed E-state index contributed by atoms with van der Waals surface area (Å²) in [5.41, 5.74) is 0.556. The number of rotatable bonds is 5. The number of aromatic nitrogens is 2. The third kappa shape index (κ3) is 3.58. The van der Waals surface area contributed by atoms with Gasteiger partial charge in [-0.25, -0.2) is 0 Å². The first kappa shape index (κ1) is 14.1. The van der Waals surface area contributed by atoms with Gasteiger partial charge in [-0.15, -0.1) is 10.2 Å². The van der Waals surface area contributed by atoms with E-state index in [1.165, 1.54) is 0 Å². The van der Waals surface area contributed by atoms with Crippen molar-refractivity contribution in [2.45, 2.75) is 33.3 Å². The molecule has 5 nitrogen and oxygen atoms in total. The molecule has 1 aromatic carbocycles. The van der Waals surface area contributed by atoms with Crippen molar-refractivity contribution >= 4 is 0 Å². The molecule has 0 aliphatic rings. The molecule has 0 unspecified atom stereocenters. The molecule has 2 aromatic rings. The lowest BCUT2D eigenvalue weighted by Crippen LogP contribution is -2.03. The van der Waals surface area contributed by atoms with Gasteiger partial charge in [0.2, 0.25) is 5.89 Å². The molecule has 104 valence electrons. The van der Waals surface area contributed by atoms with E-state index in [1.54, 1.807) is 24.3 Å². The number of benzene rings is 1. The molecule has 0 aliphatic heterocycles. The fourth-order valence-electron chi connectivity index (χ4n) is 1.76. The normalized spacial score (nSPS) is 12.2. The zero-order valence-corrected chi connectivity index (χ0v) is 11.8. The lowest BCUT2D eigenvalue weighted by atomic mass is 10.1. The maximum atomic E-state index is 8.85. The largest absolute Gasteiger partial charge is 0.481 e. The van der Waals surface area contributed by atoms with E-state index in [1.807, 2.05) is 6.92 Å². The van der Waals surface area contributed by atoms with Gasteiger partial charge in [-0.1, -0.05) is 19.9 Å². The van der Waals surface area contributed by atoms with Crippen LogP contribution in [0.4, 0.5) is 0 Å². The first-order chi connectivity index (χ1) is 9.58. The van der Waals surface area contributed by atoms with Gasteiger partial charge >= 0.3 is 0 Å². The predicted octanol–water partition coefficient (Wildman–Crippen LogP) is 3.28.